The van der Waals surface area contributed by atoms with Crippen molar-refractivity contribution in [3.63, 3.8) is 0 Å². The molecule has 0 fully saturated rings. The molecule has 0 radical (unpaired) electrons. The van der Waals surface area contributed by atoms with Crippen molar-refractivity contribution >= 4 is 17.7 Å². The Balaban J connectivity index is 2.08. The summed E-state index contributed by atoms with van der Waals surface area (Å²) in [5.41, 5.74) is 0. The first-order valence-corrected chi connectivity index (χ1v) is 6.40. The predicted octanol–water partition coefficient (Wildman–Crippen LogP) is 3.35. The first-order valence-electron chi connectivity index (χ1n) is 5.58. The van der Waals surface area contributed by atoms with Gasteiger partial charge in [-0.1, -0.05) is 18.7 Å². The van der Waals surface area contributed by atoms with Crippen LogP contribution in [0.1, 0.15) is 19.1 Å². The SMILES string of the molecule is CCCNc1nccc(Sc2ccoc2C)n1. The zero-order valence-corrected chi connectivity index (χ0v) is 10.8. The van der Waals surface area contributed by atoms with Crippen LogP contribution in [0, 0.1) is 6.92 Å². The maximum atomic E-state index is 5.25. The number of rotatable bonds is 5. The lowest BCUT2D eigenvalue weighted by atomic mass is 10.5. The Hall–Kier alpha value is -1.49. The molecule has 1 N–H and O–H groups in total. The molecular formula is C12H15N3OS. The molecule has 4 nitrogen and oxygen atoms in total. The van der Waals surface area contributed by atoms with E-state index in [2.05, 4.69) is 22.2 Å². The van der Waals surface area contributed by atoms with E-state index < -0.39 is 0 Å². The fourth-order valence-corrected chi connectivity index (χ4v) is 2.11. The van der Waals surface area contributed by atoms with Crippen LogP contribution in [-0.2, 0) is 0 Å². The molecule has 0 saturated carbocycles. The van der Waals surface area contributed by atoms with Crippen molar-refractivity contribution in [1.29, 1.82) is 0 Å². The van der Waals surface area contributed by atoms with E-state index in [1.807, 2.05) is 19.1 Å². The van der Waals surface area contributed by atoms with Crippen LogP contribution in [0.4, 0.5) is 5.95 Å². The second-order valence-electron chi connectivity index (χ2n) is 3.59. The molecule has 0 aliphatic heterocycles. The molecule has 2 aromatic heterocycles. The highest BCUT2D eigenvalue weighted by molar-refractivity contribution is 7.99. The summed E-state index contributed by atoms with van der Waals surface area (Å²) in [5.74, 6) is 1.59. The molecule has 2 heterocycles. The molecule has 0 aromatic carbocycles. The van der Waals surface area contributed by atoms with Gasteiger partial charge in [-0.05, 0) is 25.5 Å². The van der Waals surface area contributed by atoms with Gasteiger partial charge in [0.2, 0.25) is 5.95 Å². The molecule has 0 aliphatic rings. The molecule has 0 unspecified atom stereocenters. The van der Waals surface area contributed by atoms with E-state index in [9.17, 15) is 0 Å². The highest BCUT2D eigenvalue weighted by Gasteiger charge is 2.05. The fraction of sp³-hybridized carbons (Fsp3) is 0.333. The van der Waals surface area contributed by atoms with Crippen LogP contribution in [-0.4, -0.2) is 16.5 Å². The van der Waals surface area contributed by atoms with Crippen LogP contribution in [0.2, 0.25) is 0 Å². The summed E-state index contributed by atoms with van der Waals surface area (Å²) in [6, 6.07) is 3.84. The molecule has 0 aliphatic carbocycles. The van der Waals surface area contributed by atoms with Crippen molar-refractivity contribution in [2.24, 2.45) is 0 Å². The van der Waals surface area contributed by atoms with Crippen molar-refractivity contribution in [3.05, 3.63) is 30.4 Å². The Morgan fingerprint density at radius 2 is 2.29 bits per heavy atom. The van der Waals surface area contributed by atoms with Crippen LogP contribution in [0.5, 0.6) is 0 Å². The predicted molar refractivity (Wildman–Crippen MR) is 68.4 cm³/mol. The zero-order valence-electron chi connectivity index (χ0n) is 9.93. The third-order valence-corrected chi connectivity index (χ3v) is 3.27. The van der Waals surface area contributed by atoms with E-state index in [0.717, 1.165) is 28.6 Å². The second-order valence-corrected chi connectivity index (χ2v) is 4.65. The standard InChI is InChI=1S/C12H15N3OS/c1-3-6-13-12-14-7-4-11(15-12)17-10-5-8-16-9(10)2/h4-5,7-8H,3,6H2,1-2H3,(H,13,14,15). The molecule has 17 heavy (non-hydrogen) atoms. The number of nitrogens with one attached hydrogen (secondary N) is 1. The Bertz CT molecular complexity index is 484. The third kappa shape index (κ3) is 3.23. The molecule has 0 amide bonds. The van der Waals surface area contributed by atoms with Crippen LogP contribution in [0.25, 0.3) is 0 Å². The maximum Gasteiger partial charge on any atom is 0.223 e. The van der Waals surface area contributed by atoms with Crippen molar-refractivity contribution in [2.45, 2.75) is 30.2 Å². The first kappa shape index (κ1) is 12.0. The second kappa shape index (κ2) is 5.72. The minimum atomic E-state index is 0.679. The van der Waals surface area contributed by atoms with Gasteiger partial charge >= 0.3 is 0 Å². The van der Waals surface area contributed by atoms with E-state index >= 15 is 0 Å². The van der Waals surface area contributed by atoms with Crippen LogP contribution in [0.3, 0.4) is 0 Å². The van der Waals surface area contributed by atoms with Gasteiger partial charge in [-0.2, -0.15) is 0 Å². The average molecular weight is 249 g/mol. The van der Waals surface area contributed by atoms with Gasteiger partial charge in [-0.3, -0.25) is 0 Å². The molecular weight excluding hydrogens is 234 g/mol. The van der Waals surface area contributed by atoms with Crippen molar-refractivity contribution in [1.82, 2.24) is 9.97 Å². The van der Waals surface area contributed by atoms with E-state index in [1.54, 1.807) is 24.2 Å². The van der Waals surface area contributed by atoms with Gasteiger partial charge in [0.05, 0.1) is 11.2 Å². The fourth-order valence-electron chi connectivity index (χ4n) is 1.31. The normalized spacial score (nSPS) is 10.5. The molecule has 5 heteroatoms. The minimum Gasteiger partial charge on any atom is -0.468 e. The van der Waals surface area contributed by atoms with Crippen LogP contribution < -0.4 is 5.32 Å². The average Bonchev–Trinajstić information content (AvgIpc) is 2.73. The lowest BCUT2D eigenvalue weighted by molar-refractivity contribution is 0.527. The zero-order chi connectivity index (χ0) is 12.1. The minimum absolute atomic E-state index is 0.679. The summed E-state index contributed by atoms with van der Waals surface area (Å²) in [4.78, 5) is 9.68. The van der Waals surface area contributed by atoms with E-state index in [4.69, 9.17) is 4.42 Å². The van der Waals surface area contributed by atoms with Crippen molar-refractivity contribution in [3.8, 4) is 0 Å². The van der Waals surface area contributed by atoms with E-state index in [0.29, 0.717) is 5.95 Å². The third-order valence-electron chi connectivity index (χ3n) is 2.19. The van der Waals surface area contributed by atoms with E-state index in [1.165, 1.54) is 0 Å². The summed E-state index contributed by atoms with van der Waals surface area (Å²) in [5, 5.41) is 4.09. The van der Waals surface area contributed by atoms with Crippen LogP contribution in [0.15, 0.2) is 38.9 Å². The molecule has 2 aromatic rings. The quantitative estimate of drug-likeness (QED) is 0.823. The Morgan fingerprint density at radius 3 is 3.00 bits per heavy atom. The Labute approximate surface area is 105 Å². The Morgan fingerprint density at radius 1 is 1.41 bits per heavy atom. The summed E-state index contributed by atoms with van der Waals surface area (Å²) < 4.78 is 5.25. The molecule has 0 saturated heterocycles. The largest absolute Gasteiger partial charge is 0.468 e. The van der Waals surface area contributed by atoms with Crippen molar-refractivity contribution < 1.29 is 4.42 Å². The van der Waals surface area contributed by atoms with Gasteiger partial charge in [0.1, 0.15) is 10.8 Å². The summed E-state index contributed by atoms with van der Waals surface area (Å²) in [6.45, 7) is 4.94. The molecule has 0 bridgehead atoms. The molecule has 0 atom stereocenters. The van der Waals surface area contributed by atoms with Crippen molar-refractivity contribution in [2.75, 3.05) is 11.9 Å². The number of aromatic nitrogens is 2. The van der Waals surface area contributed by atoms with Gasteiger partial charge in [-0.25, -0.2) is 9.97 Å². The van der Waals surface area contributed by atoms with Gasteiger partial charge in [0.15, 0.2) is 0 Å². The summed E-state index contributed by atoms with van der Waals surface area (Å²) in [6.07, 6.45) is 4.51. The number of aryl methyl sites for hydroxylation is 1. The van der Waals surface area contributed by atoms with E-state index in [-0.39, 0.29) is 0 Å². The van der Waals surface area contributed by atoms with Gasteiger partial charge in [0, 0.05) is 12.7 Å². The number of nitrogens with zero attached hydrogens (tertiary/aromatic N) is 2. The maximum absolute atomic E-state index is 5.25. The Kier molecular flexibility index (Phi) is 4.03. The van der Waals surface area contributed by atoms with Crippen LogP contribution >= 0.6 is 11.8 Å². The monoisotopic (exact) mass is 249 g/mol. The number of hydrogen-bond acceptors (Lipinski definition) is 5. The molecule has 90 valence electrons. The number of furan rings is 1. The number of anilines is 1. The highest BCUT2D eigenvalue weighted by Crippen LogP contribution is 2.29. The lowest BCUT2D eigenvalue weighted by Crippen LogP contribution is -2.04. The topological polar surface area (TPSA) is 51.0 Å². The number of hydrogen-bond donors (Lipinski definition) is 1. The first-order chi connectivity index (χ1) is 8.29. The van der Waals surface area contributed by atoms with Gasteiger partial charge in [-0.15, -0.1) is 0 Å². The molecule has 0 spiro atoms. The highest BCUT2D eigenvalue weighted by atomic mass is 32.2. The smallest absolute Gasteiger partial charge is 0.223 e. The van der Waals surface area contributed by atoms with Gasteiger partial charge in [0.25, 0.3) is 0 Å². The summed E-state index contributed by atoms with van der Waals surface area (Å²) in [7, 11) is 0. The molecule has 2 rings (SSSR count). The summed E-state index contributed by atoms with van der Waals surface area (Å²) >= 11 is 1.58. The van der Waals surface area contributed by atoms with Gasteiger partial charge < -0.3 is 9.73 Å². The lowest BCUT2D eigenvalue weighted by Gasteiger charge is -2.04.